The van der Waals surface area contributed by atoms with E-state index in [0.717, 1.165) is 98.1 Å². The van der Waals surface area contributed by atoms with Crippen LogP contribution in [0, 0.1) is 0 Å². The van der Waals surface area contributed by atoms with Crippen LogP contribution in [0.4, 0.5) is 9.59 Å². The summed E-state index contributed by atoms with van der Waals surface area (Å²) in [5.74, 6) is 0. The number of fused-ring (bicyclic) bond motifs is 2. The second-order valence-electron chi connectivity index (χ2n) is 14.5. The highest BCUT2D eigenvalue weighted by Gasteiger charge is 2.24. The molecule has 0 bridgehead atoms. The third-order valence-electron chi connectivity index (χ3n) is 7.98. The van der Waals surface area contributed by atoms with Crippen molar-refractivity contribution in [2.24, 2.45) is 5.73 Å². The van der Waals surface area contributed by atoms with Crippen LogP contribution in [0.3, 0.4) is 0 Å². The Morgan fingerprint density at radius 1 is 0.638 bits per heavy atom. The Labute approximate surface area is 283 Å². The Balaban J connectivity index is 1.61. The lowest BCUT2D eigenvalue weighted by molar-refractivity contribution is 0.0230. The molecule has 3 aromatic carbocycles. The minimum atomic E-state index is -0.593. The third kappa shape index (κ3) is 13.7. The van der Waals surface area contributed by atoms with Crippen LogP contribution in [-0.2, 0) is 16.0 Å². The molecule has 0 unspecified atom stereocenters. The van der Waals surface area contributed by atoms with Crippen molar-refractivity contribution in [3.8, 4) is 0 Å². The van der Waals surface area contributed by atoms with Crippen LogP contribution >= 0.6 is 0 Å². The minimum Gasteiger partial charge on any atom is -0.444 e. The van der Waals surface area contributed by atoms with Gasteiger partial charge in [0.25, 0.3) is 0 Å². The number of carbonyl (C=O) groups excluding carboxylic acids is 2. The van der Waals surface area contributed by atoms with E-state index in [0.29, 0.717) is 26.2 Å². The summed E-state index contributed by atoms with van der Waals surface area (Å²) < 4.78 is 11.6. The molecule has 0 aliphatic carbocycles. The number of carbonyl (C=O) groups is 2. The molecule has 0 radical (unpaired) electrons. The topological polar surface area (TPSA) is 97.1 Å². The van der Waals surface area contributed by atoms with Crippen molar-refractivity contribution >= 4 is 33.7 Å². The number of benzene rings is 3. The Kier molecular flexibility index (Phi) is 15.3. The zero-order valence-electron chi connectivity index (χ0n) is 29.9. The molecule has 0 saturated heterocycles. The first-order chi connectivity index (χ1) is 22.4. The molecule has 8 nitrogen and oxygen atoms in total. The molecular formula is C39H60N4O4. The summed E-state index contributed by atoms with van der Waals surface area (Å²) in [7, 11) is 0. The van der Waals surface area contributed by atoms with Crippen LogP contribution in [0.2, 0.25) is 0 Å². The number of nitrogens with zero attached hydrogens (tertiary/aromatic N) is 2. The predicted molar refractivity (Wildman–Crippen MR) is 195 cm³/mol. The first kappa shape index (κ1) is 38.1. The molecule has 0 saturated carbocycles. The number of nitrogens with two attached hydrogens (primary N) is 1. The maximum Gasteiger partial charge on any atom is 0.410 e. The van der Waals surface area contributed by atoms with E-state index in [2.05, 4.69) is 59.9 Å². The van der Waals surface area contributed by atoms with Crippen LogP contribution < -0.4 is 11.1 Å². The van der Waals surface area contributed by atoms with Crippen molar-refractivity contribution in [2.45, 2.75) is 111 Å². The molecule has 0 aromatic heterocycles. The van der Waals surface area contributed by atoms with Gasteiger partial charge in [0.2, 0.25) is 0 Å². The van der Waals surface area contributed by atoms with Gasteiger partial charge in [-0.05, 0) is 139 Å². The SMILES string of the molecule is CC(C)(C)OC(=O)N(CCCCCNCCCCN)CCCCCN(Cc1c2ccccc2cc2ccccc12)C(=O)OC(C)(C)C. The van der Waals surface area contributed by atoms with E-state index in [-0.39, 0.29) is 12.2 Å². The van der Waals surface area contributed by atoms with Gasteiger partial charge in [-0.3, -0.25) is 0 Å². The van der Waals surface area contributed by atoms with Gasteiger partial charge in [-0.1, -0.05) is 55.0 Å². The highest BCUT2D eigenvalue weighted by Crippen LogP contribution is 2.30. The monoisotopic (exact) mass is 648 g/mol. The van der Waals surface area contributed by atoms with E-state index >= 15 is 0 Å². The first-order valence-electron chi connectivity index (χ1n) is 17.6. The molecule has 3 aromatic rings. The molecule has 2 amide bonds. The molecule has 8 heteroatoms. The van der Waals surface area contributed by atoms with Crippen molar-refractivity contribution in [3.63, 3.8) is 0 Å². The number of hydrogen-bond donors (Lipinski definition) is 2. The van der Waals surface area contributed by atoms with E-state index < -0.39 is 11.2 Å². The van der Waals surface area contributed by atoms with Gasteiger partial charge < -0.3 is 30.3 Å². The van der Waals surface area contributed by atoms with Gasteiger partial charge >= 0.3 is 12.2 Å². The molecular weight excluding hydrogens is 588 g/mol. The highest BCUT2D eigenvalue weighted by molar-refractivity contribution is 6.02. The Bertz CT molecular complexity index is 1340. The lowest BCUT2D eigenvalue weighted by atomic mass is 9.96. The first-order valence-corrected chi connectivity index (χ1v) is 17.6. The number of amides is 2. The average molecular weight is 649 g/mol. The van der Waals surface area contributed by atoms with Crippen LogP contribution in [0.1, 0.15) is 98.5 Å². The summed E-state index contributed by atoms with van der Waals surface area (Å²) in [6.45, 7) is 16.5. The highest BCUT2D eigenvalue weighted by atomic mass is 16.6. The Morgan fingerprint density at radius 2 is 1.09 bits per heavy atom. The molecule has 3 N–H and O–H groups in total. The third-order valence-corrected chi connectivity index (χ3v) is 7.98. The largest absolute Gasteiger partial charge is 0.444 e. The van der Waals surface area contributed by atoms with Crippen LogP contribution in [-0.4, -0.2) is 72.5 Å². The van der Waals surface area contributed by atoms with Gasteiger partial charge in [0.15, 0.2) is 0 Å². The lowest BCUT2D eigenvalue weighted by Crippen LogP contribution is -2.38. The number of hydrogen-bond acceptors (Lipinski definition) is 6. The minimum absolute atomic E-state index is 0.254. The van der Waals surface area contributed by atoms with Gasteiger partial charge in [0.05, 0.1) is 6.54 Å². The number of ether oxygens (including phenoxy) is 2. The summed E-state index contributed by atoms with van der Waals surface area (Å²) >= 11 is 0. The zero-order valence-corrected chi connectivity index (χ0v) is 29.9. The average Bonchev–Trinajstić information content (AvgIpc) is 3.00. The maximum absolute atomic E-state index is 13.5. The molecule has 0 spiro atoms. The fourth-order valence-electron chi connectivity index (χ4n) is 5.68. The van der Waals surface area contributed by atoms with Crippen molar-refractivity contribution in [3.05, 3.63) is 60.2 Å². The smallest absolute Gasteiger partial charge is 0.410 e. The van der Waals surface area contributed by atoms with Crippen molar-refractivity contribution < 1.29 is 19.1 Å². The second kappa shape index (κ2) is 18.8. The molecule has 260 valence electrons. The standard InChI is InChI=1S/C39H60N4O4/c1-38(2,3)46-36(44)42(26-16-7-14-24-41-25-15-13-23-40)27-17-8-18-28-43(37(45)47-39(4,5)6)30-35-33-21-11-9-19-31(33)29-32-20-10-12-22-34(32)35/h9-12,19-22,29,41H,7-8,13-18,23-28,30,40H2,1-6H3. The van der Waals surface area contributed by atoms with Gasteiger partial charge in [-0.15, -0.1) is 0 Å². The quantitative estimate of drug-likeness (QED) is 0.106. The fraction of sp³-hybridized carbons (Fsp3) is 0.590. The number of rotatable bonds is 18. The Hall–Kier alpha value is -3.36. The van der Waals surface area contributed by atoms with Crippen molar-refractivity contribution in [1.29, 1.82) is 0 Å². The van der Waals surface area contributed by atoms with Gasteiger partial charge in [0.1, 0.15) is 11.2 Å². The Morgan fingerprint density at radius 3 is 1.60 bits per heavy atom. The van der Waals surface area contributed by atoms with Gasteiger partial charge in [-0.25, -0.2) is 9.59 Å². The zero-order chi connectivity index (χ0) is 34.3. The van der Waals surface area contributed by atoms with E-state index in [1.165, 1.54) is 0 Å². The van der Waals surface area contributed by atoms with E-state index in [9.17, 15) is 9.59 Å². The van der Waals surface area contributed by atoms with Crippen LogP contribution in [0.15, 0.2) is 54.6 Å². The molecule has 0 atom stereocenters. The van der Waals surface area contributed by atoms with E-state index in [1.807, 2.05) is 51.3 Å². The summed E-state index contributed by atoms with van der Waals surface area (Å²) in [6.07, 6.45) is 7.19. The normalized spacial score (nSPS) is 12.0. The van der Waals surface area contributed by atoms with Crippen molar-refractivity contribution in [2.75, 3.05) is 39.3 Å². The van der Waals surface area contributed by atoms with Crippen LogP contribution in [0.5, 0.6) is 0 Å². The second-order valence-corrected chi connectivity index (χ2v) is 14.5. The molecule has 0 aliphatic heterocycles. The molecule has 0 heterocycles. The summed E-state index contributed by atoms with van der Waals surface area (Å²) in [6, 6.07) is 18.9. The van der Waals surface area contributed by atoms with Crippen LogP contribution in [0.25, 0.3) is 21.5 Å². The van der Waals surface area contributed by atoms with Crippen molar-refractivity contribution in [1.82, 2.24) is 15.1 Å². The molecule has 47 heavy (non-hydrogen) atoms. The summed E-state index contributed by atoms with van der Waals surface area (Å²) in [4.78, 5) is 30.3. The summed E-state index contributed by atoms with van der Waals surface area (Å²) in [5, 5.41) is 8.09. The van der Waals surface area contributed by atoms with Gasteiger partial charge in [0, 0.05) is 19.6 Å². The molecule has 3 rings (SSSR count). The molecule has 0 aliphatic rings. The maximum atomic E-state index is 13.5. The molecule has 0 fully saturated rings. The number of unbranched alkanes of at least 4 members (excludes halogenated alkanes) is 5. The van der Waals surface area contributed by atoms with Gasteiger partial charge in [-0.2, -0.15) is 0 Å². The van der Waals surface area contributed by atoms with E-state index in [4.69, 9.17) is 15.2 Å². The fourth-order valence-corrected chi connectivity index (χ4v) is 5.68. The van der Waals surface area contributed by atoms with E-state index in [1.54, 1.807) is 0 Å². The lowest BCUT2D eigenvalue weighted by Gasteiger charge is -2.29. The summed E-state index contributed by atoms with van der Waals surface area (Å²) in [5.41, 5.74) is 5.57. The number of nitrogens with one attached hydrogen (secondary N) is 1. The predicted octanol–water partition coefficient (Wildman–Crippen LogP) is 8.64.